The standard InChI is InChI=1S/C22H23BrN4O2/c1-16(17-2-8-20(9-3-17)27-15-24-14-25-27)26-21(28)22(10-12-29-13-11-22)18-4-6-19(23)7-5-18/h2-9,14-16H,10-13H2,1H3,(H,26,28). The maximum atomic E-state index is 13.4. The molecule has 0 bridgehead atoms. The summed E-state index contributed by atoms with van der Waals surface area (Å²) < 4.78 is 8.27. The van der Waals surface area contributed by atoms with Gasteiger partial charge in [0.1, 0.15) is 12.7 Å². The average Bonchev–Trinajstić information content (AvgIpc) is 3.30. The van der Waals surface area contributed by atoms with Crippen LogP contribution in [0.1, 0.15) is 36.9 Å². The van der Waals surface area contributed by atoms with Gasteiger partial charge >= 0.3 is 0 Å². The number of amides is 1. The minimum absolute atomic E-state index is 0.0518. The highest BCUT2D eigenvalue weighted by atomic mass is 79.9. The molecule has 0 saturated carbocycles. The first-order valence-electron chi connectivity index (χ1n) is 9.68. The largest absolute Gasteiger partial charge is 0.381 e. The Bertz CT molecular complexity index is 949. The van der Waals surface area contributed by atoms with E-state index in [2.05, 4.69) is 31.3 Å². The van der Waals surface area contributed by atoms with E-state index in [1.54, 1.807) is 11.0 Å². The molecule has 2 heterocycles. The molecule has 0 aliphatic carbocycles. The maximum Gasteiger partial charge on any atom is 0.231 e. The normalized spacial score (nSPS) is 16.9. The SMILES string of the molecule is CC(NC(=O)C1(c2ccc(Br)cc2)CCOCC1)c1ccc(-n2cncn2)cc1. The number of carbonyl (C=O) groups excluding carboxylic acids is 1. The zero-order chi connectivity index (χ0) is 20.3. The quantitative estimate of drug-likeness (QED) is 0.633. The Kier molecular flexibility index (Phi) is 5.78. The minimum atomic E-state index is -0.562. The van der Waals surface area contributed by atoms with Crippen LogP contribution in [0.4, 0.5) is 0 Å². The lowest BCUT2D eigenvalue weighted by molar-refractivity contribution is -0.131. The fourth-order valence-corrected chi connectivity index (χ4v) is 4.08. The molecule has 6 nitrogen and oxygen atoms in total. The Labute approximate surface area is 178 Å². The van der Waals surface area contributed by atoms with Crippen LogP contribution < -0.4 is 5.32 Å². The van der Waals surface area contributed by atoms with Crippen molar-refractivity contribution in [1.82, 2.24) is 20.1 Å². The molecular formula is C22H23BrN4O2. The highest BCUT2D eigenvalue weighted by Crippen LogP contribution is 2.36. The Hall–Kier alpha value is -2.51. The van der Waals surface area contributed by atoms with E-state index in [9.17, 15) is 4.79 Å². The first-order chi connectivity index (χ1) is 14.1. The summed E-state index contributed by atoms with van der Waals surface area (Å²) in [6.07, 6.45) is 4.52. The van der Waals surface area contributed by atoms with Gasteiger partial charge in [-0.25, -0.2) is 9.67 Å². The second-order valence-corrected chi connectivity index (χ2v) is 8.24. The van der Waals surface area contributed by atoms with Gasteiger partial charge in [0.25, 0.3) is 0 Å². The van der Waals surface area contributed by atoms with E-state index in [0.29, 0.717) is 26.1 Å². The van der Waals surface area contributed by atoms with Crippen molar-refractivity contribution in [3.05, 3.63) is 76.8 Å². The lowest BCUT2D eigenvalue weighted by Gasteiger charge is -2.37. The Balaban J connectivity index is 1.53. The molecule has 1 aliphatic heterocycles. The summed E-state index contributed by atoms with van der Waals surface area (Å²) in [4.78, 5) is 17.4. The topological polar surface area (TPSA) is 69.0 Å². The number of rotatable bonds is 5. The van der Waals surface area contributed by atoms with Crippen molar-refractivity contribution < 1.29 is 9.53 Å². The van der Waals surface area contributed by atoms with Crippen LogP contribution >= 0.6 is 15.9 Å². The van der Waals surface area contributed by atoms with Gasteiger partial charge in [-0.3, -0.25) is 4.79 Å². The van der Waals surface area contributed by atoms with Crippen LogP contribution in [0.5, 0.6) is 0 Å². The predicted molar refractivity (Wildman–Crippen MR) is 114 cm³/mol. The third kappa shape index (κ3) is 4.11. The number of benzene rings is 2. The Morgan fingerprint density at radius 1 is 1.14 bits per heavy atom. The van der Waals surface area contributed by atoms with Gasteiger partial charge in [-0.1, -0.05) is 40.2 Å². The van der Waals surface area contributed by atoms with Crippen molar-refractivity contribution >= 4 is 21.8 Å². The second kappa shape index (κ2) is 8.47. The molecule has 1 unspecified atom stereocenters. The van der Waals surface area contributed by atoms with Gasteiger partial charge < -0.3 is 10.1 Å². The first-order valence-corrected chi connectivity index (χ1v) is 10.5. The van der Waals surface area contributed by atoms with E-state index in [1.165, 1.54) is 6.33 Å². The zero-order valence-electron chi connectivity index (χ0n) is 16.2. The number of carbonyl (C=O) groups is 1. The molecule has 29 heavy (non-hydrogen) atoms. The molecule has 4 rings (SSSR count). The first kappa shape index (κ1) is 19.8. The van der Waals surface area contributed by atoms with Crippen molar-refractivity contribution in [2.24, 2.45) is 0 Å². The number of halogens is 1. The van der Waals surface area contributed by atoms with Crippen LogP contribution in [-0.4, -0.2) is 33.9 Å². The molecule has 1 aromatic heterocycles. The summed E-state index contributed by atoms with van der Waals surface area (Å²) in [6, 6.07) is 15.9. The summed E-state index contributed by atoms with van der Waals surface area (Å²) in [6.45, 7) is 3.19. The molecule has 1 saturated heterocycles. The van der Waals surface area contributed by atoms with Gasteiger partial charge in [0, 0.05) is 17.7 Å². The van der Waals surface area contributed by atoms with E-state index >= 15 is 0 Å². The van der Waals surface area contributed by atoms with E-state index in [-0.39, 0.29) is 11.9 Å². The summed E-state index contributed by atoms with van der Waals surface area (Å²) >= 11 is 3.48. The third-order valence-electron chi connectivity index (χ3n) is 5.60. The van der Waals surface area contributed by atoms with Crippen LogP contribution in [-0.2, 0) is 14.9 Å². The molecule has 0 spiro atoms. The lowest BCUT2D eigenvalue weighted by atomic mass is 9.73. The third-order valence-corrected chi connectivity index (χ3v) is 6.13. The van der Waals surface area contributed by atoms with Crippen LogP contribution in [0.15, 0.2) is 65.7 Å². The fraction of sp³-hybridized carbons (Fsp3) is 0.318. The number of aromatic nitrogens is 3. The summed E-state index contributed by atoms with van der Waals surface area (Å²) in [7, 11) is 0. The van der Waals surface area contributed by atoms with E-state index in [0.717, 1.165) is 21.3 Å². The van der Waals surface area contributed by atoms with E-state index in [4.69, 9.17) is 4.74 Å². The van der Waals surface area contributed by atoms with Gasteiger partial charge in [-0.15, -0.1) is 0 Å². The zero-order valence-corrected chi connectivity index (χ0v) is 17.8. The molecule has 150 valence electrons. The summed E-state index contributed by atoms with van der Waals surface area (Å²) in [5.41, 5.74) is 2.45. The van der Waals surface area contributed by atoms with E-state index in [1.807, 2.05) is 55.5 Å². The van der Waals surface area contributed by atoms with Crippen molar-refractivity contribution in [2.45, 2.75) is 31.2 Å². The van der Waals surface area contributed by atoms with Crippen molar-refractivity contribution in [3.63, 3.8) is 0 Å². The highest BCUT2D eigenvalue weighted by Gasteiger charge is 2.42. The summed E-state index contributed by atoms with van der Waals surface area (Å²) in [5, 5.41) is 7.37. The molecule has 1 fully saturated rings. The monoisotopic (exact) mass is 454 g/mol. The molecular weight excluding hydrogens is 432 g/mol. The number of hydrogen-bond donors (Lipinski definition) is 1. The van der Waals surface area contributed by atoms with Crippen LogP contribution in [0.3, 0.4) is 0 Å². The van der Waals surface area contributed by atoms with Gasteiger partial charge in [0.15, 0.2) is 0 Å². The predicted octanol–water partition coefficient (Wildman–Crippen LogP) is 3.96. The smallest absolute Gasteiger partial charge is 0.231 e. The summed E-state index contributed by atoms with van der Waals surface area (Å²) in [5.74, 6) is 0.0518. The second-order valence-electron chi connectivity index (χ2n) is 7.33. The molecule has 1 aliphatic rings. The number of hydrogen-bond acceptors (Lipinski definition) is 4. The Morgan fingerprint density at radius 3 is 2.45 bits per heavy atom. The molecule has 1 atom stereocenters. The maximum absolute atomic E-state index is 13.4. The van der Waals surface area contributed by atoms with Gasteiger partial charge in [0.2, 0.25) is 5.91 Å². The minimum Gasteiger partial charge on any atom is -0.381 e. The van der Waals surface area contributed by atoms with Gasteiger partial charge in [-0.05, 0) is 55.2 Å². The van der Waals surface area contributed by atoms with E-state index < -0.39 is 5.41 Å². The van der Waals surface area contributed by atoms with Crippen LogP contribution in [0.2, 0.25) is 0 Å². The van der Waals surface area contributed by atoms with Crippen LogP contribution in [0.25, 0.3) is 5.69 Å². The van der Waals surface area contributed by atoms with Crippen molar-refractivity contribution in [2.75, 3.05) is 13.2 Å². The fourth-order valence-electron chi connectivity index (χ4n) is 3.81. The van der Waals surface area contributed by atoms with Crippen molar-refractivity contribution in [1.29, 1.82) is 0 Å². The molecule has 7 heteroatoms. The van der Waals surface area contributed by atoms with Gasteiger partial charge in [0.05, 0.1) is 17.1 Å². The lowest BCUT2D eigenvalue weighted by Crippen LogP contribution is -2.48. The molecule has 2 aromatic carbocycles. The average molecular weight is 455 g/mol. The number of ether oxygens (including phenoxy) is 1. The molecule has 0 radical (unpaired) electrons. The highest BCUT2D eigenvalue weighted by molar-refractivity contribution is 9.10. The number of nitrogens with one attached hydrogen (secondary N) is 1. The number of nitrogens with zero attached hydrogens (tertiary/aromatic N) is 3. The molecule has 1 N–H and O–H groups in total. The molecule has 3 aromatic rings. The molecule has 1 amide bonds. The van der Waals surface area contributed by atoms with Gasteiger partial charge in [-0.2, -0.15) is 5.10 Å². The Morgan fingerprint density at radius 2 is 1.83 bits per heavy atom. The van der Waals surface area contributed by atoms with Crippen molar-refractivity contribution in [3.8, 4) is 5.69 Å². The van der Waals surface area contributed by atoms with Crippen LogP contribution in [0, 0.1) is 0 Å².